The summed E-state index contributed by atoms with van der Waals surface area (Å²) >= 11 is 0. The van der Waals surface area contributed by atoms with Gasteiger partial charge in [-0.2, -0.15) is 0 Å². The molecule has 3 heterocycles. The van der Waals surface area contributed by atoms with Crippen LogP contribution in [0, 0.1) is 0 Å². The van der Waals surface area contributed by atoms with Gasteiger partial charge in [0.25, 0.3) is 5.91 Å². The number of benzene rings is 1. The van der Waals surface area contributed by atoms with Gasteiger partial charge in [0.05, 0.1) is 6.61 Å². The highest BCUT2D eigenvalue weighted by atomic mass is 16.6. The Morgan fingerprint density at radius 3 is 2.62 bits per heavy atom. The van der Waals surface area contributed by atoms with Crippen LogP contribution in [0.1, 0.15) is 43.0 Å². The van der Waals surface area contributed by atoms with Crippen molar-refractivity contribution in [3.05, 3.63) is 23.8 Å². The maximum absolute atomic E-state index is 13.3. The van der Waals surface area contributed by atoms with Gasteiger partial charge >= 0.3 is 6.09 Å². The molecule has 1 aromatic carbocycles. The van der Waals surface area contributed by atoms with Gasteiger partial charge in [-0.3, -0.25) is 9.59 Å². The molecule has 0 radical (unpaired) electrons. The molecule has 0 atom stereocenters. The number of likely N-dealkylation sites (tertiary alicyclic amines) is 1. The highest BCUT2D eigenvalue weighted by Crippen LogP contribution is 2.22. The smallest absolute Gasteiger partial charge is 0.409 e. The van der Waals surface area contributed by atoms with Crippen LogP contribution in [0.15, 0.2) is 22.8 Å². The molecule has 0 spiro atoms. The standard InChI is InChI=1S/C21H28N6O5/c1-2-31-20(30)27-11-5-15(6-12-27)23-19(29)21(7-9-22-10-8-21)24-18(28)14-3-4-16-17(13-14)26-32-25-16/h3-4,13,15,22H,2,5-12H2,1H3,(H,23,29)(H,24,28). The van der Waals surface area contributed by atoms with E-state index in [1.807, 2.05) is 0 Å². The molecule has 2 fully saturated rings. The number of ether oxygens (including phenoxy) is 1. The molecule has 3 N–H and O–H groups in total. The molecular formula is C21H28N6O5. The van der Waals surface area contributed by atoms with Crippen molar-refractivity contribution in [1.82, 2.24) is 31.2 Å². The average Bonchev–Trinajstić information content (AvgIpc) is 3.28. The van der Waals surface area contributed by atoms with Crippen LogP contribution >= 0.6 is 0 Å². The number of amides is 3. The summed E-state index contributed by atoms with van der Waals surface area (Å²) in [5, 5.41) is 16.9. The van der Waals surface area contributed by atoms with E-state index in [0.717, 1.165) is 0 Å². The number of nitrogens with one attached hydrogen (secondary N) is 3. The summed E-state index contributed by atoms with van der Waals surface area (Å²) in [4.78, 5) is 39.9. The van der Waals surface area contributed by atoms with E-state index < -0.39 is 5.54 Å². The summed E-state index contributed by atoms with van der Waals surface area (Å²) in [6.07, 6.45) is 1.93. The normalized spacial score (nSPS) is 18.8. The van der Waals surface area contributed by atoms with Crippen LogP contribution in [0.25, 0.3) is 11.0 Å². The van der Waals surface area contributed by atoms with Gasteiger partial charge in [-0.25, -0.2) is 9.42 Å². The van der Waals surface area contributed by atoms with E-state index >= 15 is 0 Å². The van der Waals surface area contributed by atoms with Crippen molar-refractivity contribution in [2.75, 3.05) is 32.8 Å². The van der Waals surface area contributed by atoms with Gasteiger partial charge in [0.1, 0.15) is 16.6 Å². The quantitative estimate of drug-likeness (QED) is 0.616. The highest BCUT2D eigenvalue weighted by molar-refractivity contribution is 6.01. The first-order valence-electron chi connectivity index (χ1n) is 11.0. The third kappa shape index (κ3) is 4.67. The molecule has 11 heteroatoms. The fraction of sp³-hybridized carbons (Fsp3) is 0.571. The second kappa shape index (κ2) is 9.51. The minimum absolute atomic E-state index is 0.0607. The maximum atomic E-state index is 13.3. The summed E-state index contributed by atoms with van der Waals surface area (Å²) in [6.45, 7) is 4.42. The highest BCUT2D eigenvalue weighted by Gasteiger charge is 2.42. The van der Waals surface area contributed by atoms with Crippen molar-refractivity contribution in [3.63, 3.8) is 0 Å². The van der Waals surface area contributed by atoms with E-state index in [9.17, 15) is 14.4 Å². The average molecular weight is 444 g/mol. The van der Waals surface area contributed by atoms with Gasteiger partial charge in [-0.05, 0) is 74.2 Å². The Kier molecular flexibility index (Phi) is 6.54. The molecular weight excluding hydrogens is 416 g/mol. The van der Waals surface area contributed by atoms with Crippen molar-refractivity contribution in [1.29, 1.82) is 0 Å². The number of carbonyl (C=O) groups excluding carboxylic acids is 3. The molecule has 4 rings (SSSR count). The first-order valence-corrected chi connectivity index (χ1v) is 11.0. The fourth-order valence-corrected chi connectivity index (χ4v) is 4.22. The van der Waals surface area contributed by atoms with Gasteiger partial charge in [0.15, 0.2) is 0 Å². The Morgan fingerprint density at radius 2 is 1.91 bits per heavy atom. The zero-order valence-corrected chi connectivity index (χ0v) is 18.1. The first kappa shape index (κ1) is 22.0. The van der Waals surface area contributed by atoms with E-state index in [-0.39, 0.29) is 23.9 Å². The molecule has 0 unspecified atom stereocenters. The van der Waals surface area contributed by atoms with Crippen LogP contribution in [0.5, 0.6) is 0 Å². The van der Waals surface area contributed by atoms with Gasteiger partial charge in [-0.1, -0.05) is 0 Å². The zero-order chi connectivity index (χ0) is 22.6. The van der Waals surface area contributed by atoms with Crippen LogP contribution < -0.4 is 16.0 Å². The lowest BCUT2D eigenvalue weighted by atomic mass is 9.86. The van der Waals surface area contributed by atoms with Crippen LogP contribution in [0.2, 0.25) is 0 Å². The molecule has 2 aliphatic rings. The second-order valence-corrected chi connectivity index (χ2v) is 8.19. The third-order valence-corrected chi connectivity index (χ3v) is 6.12. The molecule has 0 aliphatic carbocycles. The zero-order valence-electron chi connectivity index (χ0n) is 18.1. The summed E-state index contributed by atoms with van der Waals surface area (Å²) in [5.74, 6) is -0.532. The van der Waals surface area contributed by atoms with Crippen molar-refractivity contribution >= 4 is 28.9 Å². The molecule has 1 aromatic heterocycles. The molecule has 172 valence electrons. The van der Waals surface area contributed by atoms with Crippen molar-refractivity contribution in [3.8, 4) is 0 Å². The van der Waals surface area contributed by atoms with Gasteiger partial charge in [0.2, 0.25) is 5.91 Å². The number of rotatable bonds is 5. The molecule has 11 nitrogen and oxygen atoms in total. The Bertz CT molecular complexity index is 978. The van der Waals surface area contributed by atoms with E-state index in [1.54, 1.807) is 30.0 Å². The summed E-state index contributed by atoms with van der Waals surface area (Å²) in [6, 6.07) is 4.83. The predicted octanol–water partition coefficient (Wildman–Crippen LogP) is 0.812. The van der Waals surface area contributed by atoms with Crippen molar-refractivity contribution in [2.45, 2.75) is 44.2 Å². The number of piperidine rings is 2. The van der Waals surface area contributed by atoms with E-state index in [2.05, 4.69) is 26.3 Å². The first-order chi connectivity index (χ1) is 15.5. The topological polar surface area (TPSA) is 139 Å². The Morgan fingerprint density at radius 1 is 1.19 bits per heavy atom. The summed E-state index contributed by atoms with van der Waals surface area (Å²) < 4.78 is 9.74. The predicted molar refractivity (Wildman–Crippen MR) is 114 cm³/mol. The monoisotopic (exact) mass is 444 g/mol. The van der Waals surface area contributed by atoms with Gasteiger partial charge < -0.3 is 25.6 Å². The molecule has 32 heavy (non-hydrogen) atoms. The number of hydrogen-bond acceptors (Lipinski definition) is 8. The number of fused-ring (bicyclic) bond motifs is 1. The van der Waals surface area contributed by atoms with E-state index in [1.165, 1.54) is 0 Å². The molecule has 3 amide bonds. The molecule has 2 aromatic rings. The van der Waals surface area contributed by atoms with Gasteiger partial charge in [0, 0.05) is 24.7 Å². The fourth-order valence-electron chi connectivity index (χ4n) is 4.22. The minimum atomic E-state index is -1.00. The largest absolute Gasteiger partial charge is 0.450 e. The van der Waals surface area contributed by atoms with Crippen LogP contribution in [-0.2, 0) is 9.53 Å². The van der Waals surface area contributed by atoms with Crippen LogP contribution in [-0.4, -0.2) is 77.5 Å². The lowest BCUT2D eigenvalue weighted by molar-refractivity contribution is -0.129. The van der Waals surface area contributed by atoms with Crippen LogP contribution in [0.3, 0.4) is 0 Å². The summed E-state index contributed by atoms with van der Waals surface area (Å²) in [7, 11) is 0. The Balaban J connectivity index is 1.41. The van der Waals surface area contributed by atoms with E-state index in [0.29, 0.717) is 75.1 Å². The molecule has 2 saturated heterocycles. The number of aromatic nitrogens is 2. The molecule has 2 aliphatic heterocycles. The van der Waals surface area contributed by atoms with Crippen LogP contribution in [0.4, 0.5) is 4.79 Å². The lowest BCUT2D eigenvalue weighted by Gasteiger charge is -2.39. The lowest BCUT2D eigenvalue weighted by Crippen LogP contribution is -2.64. The molecule has 0 bridgehead atoms. The molecule has 0 saturated carbocycles. The van der Waals surface area contributed by atoms with Gasteiger partial charge in [-0.15, -0.1) is 0 Å². The second-order valence-electron chi connectivity index (χ2n) is 8.19. The maximum Gasteiger partial charge on any atom is 0.409 e. The Hall–Kier alpha value is -3.21. The third-order valence-electron chi connectivity index (χ3n) is 6.12. The minimum Gasteiger partial charge on any atom is -0.450 e. The number of nitrogens with zero attached hydrogens (tertiary/aromatic N) is 3. The van der Waals surface area contributed by atoms with Crippen molar-refractivity contribution in [2.24, 2.45) is 0 Å². The summed E-state index contributed by atoms with van der Waals surface area (Å²) in [5.41, 5.74) is 0.430. The van der Waals surface area contributed by atoms with E-state index in [4.69, 9.17) is 9.37 Å². The van der Waals surface area contributed by atoms with Crippen molar-refractivity contribution < 1.29 is 23.7 Å². The number of carbonyl (C=O) groups is 3. The number of hydrogen-bond donors (Lipinski definition) is 3. The Labute approximate surface area is 185 Å². The SMILES string of the molecule is CCOC(=O)N1CCC(NC(=O)C2(NC(=O)c3ccc4nonc4c3)CCNCC2)CC1.